The van der Waals surface area contributed by atoms with Crippen LogP contribution in [0.3, 0.4) is 0 Å². The topological polar surface area (TPSA) is 36.6 Å². The van der Waals surface area contributed by atoms with Gasteiger partial charge in [0, 0.05) is 12.6 Å². The second-order valence-electron chi connectivity index (χ2n) is 8.26. The van der Waals surface area contributed by atoms with Crippen molar-refractivity contribution in [3.63, 3.8) is 0 Å². The highest BCUT2D eigenvalue weighted by Gasteiger charge is 2.38. The predicted octanol–water partition coefficient (Wildman–Crippen LogP) is 6.07. The number of halogens is 2. The maximum Gasteiger partial charge on any atom is 0.173 e. The molecule has 0 aliphatic heterocycles. The van der Waals surface area contributed by atoms with Crippen LogP contribution in [0.25, 0.3) is 0 Å². The summed E-state index contributed by atoms with van der Waals surface area (Å²) in [5.74, 6) is 0.259. The van der Waals surface area contributed by atoms with Gasteiger partial charge in [0.2, 0.25) is 0 Å². The van der Waals surface area contributed by atoms with E-state index < -0.39 is 17.2 Å². The Hall–Kier alpha value is -2.80. The Morgan fingerprint density at radius 3 is 2.03 bits per heavy atom. The lowest BCUT2D eigenvalue weighted by Crippen LogP contribution is -2.28. The molecule has 6 heteroatoms. The molecule has 164 valence electrons. The van der Waals surface area contributed by atoms with Gasteiger partial charge in [-0.25, -0.2) is 8.78 Å². The monoisotopic (exact) mass is 451 g/mol. The van der Waals surface area contributed by atoms with Crippen LogP contribution in [0.4, 0.5) is 8.78 Å². The molecule has 1 N–H and O–H groups in total. The number of rotatable bonds is 8. The summed E-state index contributed by atoms with van der Waals surface area (Å²) in [6, 6.07) is 17.6. The highest BCUT2D eigenvalue weighted by atomic mass is 32.1. The first-order valence-electron chi connectivity index (χ1n) is 10.6. The molecule has 1 saturated carbocycles. The fourth-order valence-corrected chi connectivity index (χ4v) is 4.72. The third kappa shape index (κ3) is 4.26. The lowest BCUT2D eigenvalue weighted by molar-refractivity contribution is 0.0948. The fourth-order valence-electron chi connectivity index (χ4n) is 4.06. The van der Waals surface area contributed by atoms with Gasteiger partial charge in [0.15, 0.2) is 5.60 Å². The van der Waals surface area contributed by atoms with Crippen molar-refractivity contribution in [3.8, 4) is 0 Å². The Morgan fingerprint density at radius 1 is 0.875 bits per heavy atom. The van der Waals surface area contributed by atoms with Crippen LogP contribution in [0, 0.1) is 11.6 Å². The Morgan fingerprint density at radius 2 is 1.50 bits per heavy atom. The van der Waals surface area contributed by atoms with Gasteiger partial charge in [-0.15, -0.1) is 0 Å². The molecule has 0 radical (unpaired) electrons. The summed E-state index contributed by atoms with van der Waals surface area (Å²) >= 11 is 1.69. The largest absolute Gasteiger partial charge is 0.461 e. The normalized spacial score (nSPS) is 14.2. The number of benzene rings is 2. The first kappa shape index (κ1) is 21.1. The van der Waals surface area contributed by atoms with Crippen LogP contribution in [0.1, 0.15) is 41.1 Å². The number of thiophene rings is 1. The van der Waals surface area contributed by atoms with Crippen LogP contribution < -0.4 is 0 Å². The molecular formula is C26H23F2NO2S. The van der Waals surface area contributed by atoms with Crippen molar-refractivity contribution in [1.82, 2.24) is 4.90 Å². The summed E-state index contributed by atoms with van der Waals surface area (Å²) in [5.41, 5.74) is 0.507. The van der Waals surface area contributed by atoms with E-state index in [1.165, 1.54) is 66.9 Å². The van der Waals surface area contributed by atoms with Crippen LogP contribution in [0.5, 0.6) is 0 Å². The van der Waals surface area contributed by atoms with Gasteiger partial charge in [-0.2, -0.15) is 11.3 Å². The van der Waals surface area contributed by atoms with E-state index in [4.69, 9.17) is 4.42 Å². The highest BCUT2D eigenvalue weighted by molar-refractivity contribution is 7.07. The van der Waals surface area contributed by atoms with Crippen molar-refractivity contribution < 1.29 is 18.3 Å². The number of hydrogen-bond donors (Lipinski definition) is 1. The molecule has 0 amide bonds. The smallest absolute Gasteiger partial charge is 0.173 e. The molecule has 32 heavy (non-hydrogen) atoms. The van der Waals surface area contributed by atoms with Gasteiger partial charge in [-0.3, -0.25) is 4.90 Å². The zero-order chi connectivity index (χ0) is 22.1. The molecule has 0 atom stereocenters. The van der Waals surface area contributed by atoms with Gasteiger partial charge in [0.25, 0.3) is 0 Å². The molecule has 1 aliphatic carbocycles. The van der Waals surface area contributed by atoms with Crippen molar-refractivity contribution >= 4 is 11.3 Å². The molecule has 2 aromatic heterocycles. The Balaban J connectivity index is 1.47. The van der Waals surface area contributed by atoms with E-state index >= 15 is 0 Å². The highest BCUT2D eigenvalue weighted by Crippen LogP contribution is 2.38. The maximum atomic E-state index is 13.6. The van der Waals surface area contributed by atoms with E-state index in [-0.39, 0.29) is 0 Å². The Bertz CT molecular complexity index is 1120. The lowest BCUT2D eigenvalue weighted by atomic mass is 9.84. The van der Waals surface area contributed by atoms with Crippen molar-refractivity contribution in [1.29, 1.82) is 0 Å². The Labute approximate surface area is 189 Å². The molecule has 3 nitrogen and oxygen atoms in total. The average molecular weight is 452 g/mol. The fraction of sp³-hybridized carbons (Fsp3) is 0.231. The van der Waals surface area contributed by atoms with Gasteiger partial charge < -0.3 is 9.52 Å². The van der Waals surface area contributed by atoms with Crippen LogP contribution in [0.15, 0.2) is 81.9 Å². The lowest BCUT2D eigenvalue weighted by Gasteiger charge is -2.27. The van der Waals surface area contributed by atoms with Crippen LogP contribution in [-0.2, 0) is 18.7 Å². The predicted molar refractivity (Wildman–Crippen MR) is 120 cm³/mol. The van der Waals surface area contributed by atoms with Gasteiger partial charge in [-0.05, 0) is 82.8 Å². The molecule has 0 bridgehead atoms. The number of aliphatic hydroxyl groups is 1. The minimum absolute atomic E-state index is 0.317. The first-order chi connectivity index (χ1) is 15.5. The number of furan rings is 1. The van der Waals surface area contributed by atoms with Crippen molar-refractivity contribution in [2.24, 2.45) is 0 Å². The quantitative estimate of drug-likeness (QED) is 0.353. The van der Waals surface area contributed by atoms with E-state index in [0.29, 0.717) is 29.5 Å². The molecule has 2 heterocycles. The van der Waals surface area contributed by atoms with E-state index in [1.807, 2.05) is 6.07 Å². The zero-order valence-electron chi connectivity index (χ0n) is 17.4. The maximum absolute atomic E-state index is 13.6. The third-order valence-corrected chi connectivity index (χ3v) is 6.66. The zero-order valence-corrected chi connectivity index (χ0v) is 18.2. The van der Waals surface area contributed by atoms with Crippen molar-refractivity contribution in [3.05, 3.63) is 117 Å². The average Bonchev–Trinajstić information content (AvgIpc) is 3.31. The molecule has 0 unspecified atom stereocenters. The minimum Gasteiger partial charge on any atom is -0.461 e. The summed E-state index contributed by atoms with van der Waals surface area (Å²) < 4.78 is 33.3. The summed E-state index contributed by atoms with van der Waals surface area (Å²) in [6.45, 7) is 1.48. The molecule has 5 rings (SSSR count). The molecule has 4 aromatic rings. The molecule has 0 saturated heterocycles. The van der Waals surface area contributed by atoms with Crippen LogP contribution >= 0.6 is 11.3 Å². The summed E-state index contributed by atoms with van der Waals surface area (Å²) in [6.07, 6.45) is 2.35. The SMILES string of the molecule is OC(c1ccc(F)cc1)(c1ccc(F)cc1)c1ccc(CN(Cc2ccsc2)C2CC2)o1. The van der Waals surface area contributed by atoms with Crippen molar-refractivity contribution in [2.75, 3.05) is 0 Å². The van der Waals surface area contributed by atoms with Gasteiger partial charge in [-0.1, -0.05) is 24.3 Å². The molecule has 1 aliphatic rings. The molecule has 2 aromatic carbocycles. The number of hydrogen-bond acceptors (Lipinski definition) is 4. The van der Waals surface area contributed by atoms with Crippen molar-refractivity contribution in [2.45, 2.75) is 37.6 Å². The first-order valence-corrected chi connectivity index (χ1v) is 11.6. The molecular weight excluding hydrogens is 428 g/mol. The second kappa shape index (κ2) is 8.62. The third-order valence-electron chi connectivity index (χ3n) is 5.93. The van der Waals surface area contributed by atoms with Crippen LogP contribution in [0.2, 0.25) is 0 Å². The number of nitrogens with zero attached hydrogens (tertiary/aromatic N) is 1. The van der Waals surface area contributed by atoms with Gasteiger partial charge in [0.1, 0.15) is 23.2 Å². The molecule has 1 fully saturated rings. The molecule has 0 spiro atoms. The van der Waals surface area contributed by atoms with E-state index in [9.17, 15) is 13.9 Å². The summed E-state index contributed by atoms with van der Waals surface area (Å²) in [5, 5.41) is 16.1. The van der Waals surface area contributed by atoms with E-state index in [0.717, 1.165) is 12.3 Å². The van der Waals surface area contributed by atoms with Gasteiger partial charge >= 0.3 is 0 Å². The minimum atomic E-state index is -1.67. The van der Waals surface area contributed by atoms with E-state index in [1.54, 1.807) is 17.4 Å². The van der Waals surface area contributed by atoms with Crippen LogP contribution in [-0.4, -0.2) is 16.0 Å². The van der Waals surface area contributed by atoms with E-state index in [2.05, 4.69) is 21.7 Å². The summed E-state index contributed by atoms with van der Waals surface area (Å²) in [4.78, 5) is 2.39. The standard InChI is InChI=1S/C26H23F2NO2S/c27-21-5-1-19(2-6-21)26(30,20-3-7-22(28)8-4-20)25-12-11-24(31-25)16-29(23-9-10-23)15-18-13-14-32-17-18/h1-8,11-14,17,23,30H,9-10,15-16H2. The summed E-state index contributed by atoms with van der Waals surface area (Å²) in [7, 11) is 0. The Kier molecular flexibility index (Phi) is 5.67. The van der Waals surface area contributed by atoms with Gasteiger partial charge in [0.05, 0.1) is 6.54 Å². The second-order valence-corrected chi connectivity index (χ2v) is 9.04.